The number of amides is 1. The van der Waals surface area contributed by atoms with Crippen LogP contribution in [0.4, 0.5) is 5.82 Å². The van der Waals surface area contributed by atoms with E-state index in [1.807, 2.05) is 12.1 Å². The van der Waals surface area contributed by atoms with Gasteiger partial charge in [0, 0.05) is 38.0 Å². The lowest BCUT2D eigenvalue weighted by atomic mass is 10.1. The zero-order valence-electron chi connectivity index (χ0n) is 12.3. The Hall–Kier alpha value is -1.62. The van der Waals surface area contributed by atoms with Gasteiger partial charge >= 0.3 is 0 Å². The van der Waals surface area contributed by atoms with Crippen molar-refractivity contribution in [3.05, 3.63) is 23.9 Å². The third kappa shape index (κ3) is 3.48. The molecule has 5 heteroatoms. The number of ether oxygens (including phenoxy) is 1. The van der Waals surface area contributed by atoms with Gasteiger partial charge in [-0.25, -0.2) is 4.98 Å². The summed E-state index contributed by atoms with van der Waals surface area (Å²) in [7, 11) is 0. The summed E-state index contributed by atoms with van der Waals surface area (Å²) >= 11 is 0. The van der Waals surface area contributed by atoms with E-state index >= 15 is 0 Å². The standard InChI is InChI=1S/C15H23N3O2/c1-3-18(4-2)14-12(6-5-8-16-14)10-17-15(19)13-7-9-20-11-13/h5-6,8,13H,3-4,7,9-11H2,1-2H3,(H,17,19)/t13-/m0/s1. The summed E-state index contributed by atoms with van der Waals surface area (Å²) in [6.07, 6.45) is 2.62. The zero-order valence-corrected chi connectivity index (χ0v) is 12.3. The van der Waals surface area contributed by atoms with Gasteiger partial charge in [-0.15, -0.1) is 0 Å². The molecule has 1 N–H and O–H groups in total. The highest BCUT2D eigenvalue weighted by Crippen LogP contribution is 2.17. The number of hydrogen-bond donors (Lipinski definition) is 1. The summed E-state index contributed by atoms with van der Waals surface area (Å²) in [6, 6.07) is 3.93. The van der Waals surface area contributed by atoms with Crippen LogP contribution in [0, 0.1) is 5.92 Å². The molecule has 0 bridgehead atoms. The van der Waals surface area contributed by atoms with Gasteiger partial charge in [-0.2, -0.15) is 0 Å². The van der Waals surface area contributed by atoms with Gasteiger partial charge in [0.15, 0.2) is 0 Å². The molecule has 0 radical (unpaired) electrons. The van der Waals surface area contributed by atoms with Gasteiger partial charge in [-0.1, -0.05) is 6.07 Å². The molecule has 1 fully saturated rings. The molecular formula is C15H23N3O2. The highest BCUT2D eigenvalue weighted by atomic mass is 16.5. The first-order valence-corrected chi connectivity index (χ1v) is 7.30. The van der Waals surface area contributed by atoms with Crippen LogP contribution in [0.2, 0.25) is 0 Å². The highest BCUT2D eigenvalue weighted by Gasteiger charge is 2.23. The minimum Gasteiger partial charge on any atom is -0.381 e. The topological polar surface area (TPSA) is 54.5 Å². The van der Waals surface area contributed by atoms with Crippen molar-refractivity contribution in [2.75, 3.05) is 31.2 Å². The molecule has 0 spiro atoms. The van der Waals surface area contributed by atoms with E-state index in [4.69, 9.17) is 4.74 Å². The molecule has 0 aromatic carbocycles. The Morgan fingerprint density at radius 2 is 2.30 bits per heavy atom. The molecule has 110 valence electrons. The Balaban J connectivity index is 2.00. The molecule has 5 nitrogen and oxygen atoms in total. The summed E-state index contributed by atoms with van der Waals surface area (Å²) in [5.41, 5.74) is 1.06. The number of carbonyl (C=O) groups is 1. The maximum atomic E-state index is 12.0. The molecule has 2 rings (SSSR count). The number of anilines is 1. The minimum atomic E-state index is 0.00331. The van der Waals surface area contributed by atoms with Crippen LogP contribution in [0.15, 0.2) is 18.3 Å². The number of nitrogens with one attached hydrogen (secondary N) is 1. The smallest absolute Gasteiger partial charge is 0.225 e. The molecule has 1 aromatic rings. The predicted molar refractivity (Wildman–Crippen MR) is 78.6 cm³/mol. The quantitative estimate of drug-likeness (QED) is 0.858. The van der Waals surface area contributed by atoms with Crippen LogP contribution in [-0.2, 0) is 16.1 Å². The number of carbonyl (C=O) groups excluding carboxylic acids is 1. The second-order valence-electron chi connectivity index (χ2n) is 4.94. The fourth-order valence-electron chi connectivity index (χ4n) is 2.44. The van der Waals surface area contributed by atoms with Crippen LogP contribution in [0.25, 0.3) is 0 Å². The predicted octanol–water partition coefficient (Wildman–Crippen LogP) is 1.58. The molecule has 1 atom stereocenters. The molecule has 1 saturated heterocycles. The van der Waals surface area contributed by atoms with Crippen molar-refractivity contribution in [3.63, 3.8) is 0 Å². The number of hydrogen-bond acceptors (Lipinski definition) is 4. The first-order valence-electron chi connectivity index (χ1n) is 7.30. The van der Waals surface area contributed by atoms with Gasteiger partial charge < -0.3 is 15.0 Å². The Kier molecular flexibility index (Phi) is 5.35. The van der Waals surface area contributed by atoms with Gasteiger partial charge in [0.05, 0.1) is 12.5 Å². The van der Waals surface area contributed by atoms with E-state index in [1.54, 1.807) is 6.20 Å². The van der Waals surface area contributed by atoms with Gasteiger partial charge in [0.2, 0.25) is 5.91 Å². The molecule has 1 aliphatic heterocycles. The van der Waals surface area contributed by atoms with Crippen molar-refractivity contribution >= 4 is 11.7 Å². The maximum absolute atomic E-state index is 12.0. The summed E-state index contributed by atoms with van der Waals surface area (Å²) < 4.78 is 5.25. The fraction of sp³-hybridized carbons (Fsp3) is 0.600. The van der Waals surface area contributed by atoms with Crippen molar-refractivity contribution in [2.24, 2.45) is 5.92 Å². The fourth-order valence-corrected chi connectivity index (χ4v) is 2.44. The second kappa shape index (κ2) is 7.24. The number of pyridine rings is 1. The second-order valence-corrected chi connectivity index (χ2v) is 4.94. The van der Waals surface area contributed by atoms with Crippen LogP contribution in [0.5, 0.6) is 0 Å². The summed E-state index contributed by atoms with van der Waals surface area (Å²) in [4.78, 5) is 18.7. The average molecular weight is 277 g/mol. The largest absolute Gasteiger partial charge is 0.381 e. The lowest BCUT2D eigenvalue weighted by molar-refractivity contribution is -0.125. The van der Waals surface area contributed by atoms with E-state index in [0.717, 1.165) is 30.9 Å². The van der Waals surface area contributed by atoms with Crippen molar-refractivity contribution in [1.82, 2.24) is 10.3 Å². The lowest BCUT2D eigenvalue weighted by Gasteiger charge is -2.22. The molecule has 0 saturated carbocycles. The monoisotopic (exact) mass is 277 g/mol. The minimum absolute atomic E-state index is 0.00331. The van der Waals surface area contributed by atoms with Crippen LogP contribution in [0.3, 0.4) is 0 Å². The van der Waals surface area contributed by atoms with Crippen LogP contribution < -0.4 is 10.2 Å². The van der Waals surface area contributed by atoms with E-state index in [2.05, 4.69) is 29.0 Å². The van der Waals surface area contributed by atoms with Gasteiger partial charge in [-0.05, 0) is 26.3 Å². The van der Waals surface area contributed by atoms with E-state index in [9.17, 15) is 4.79 Å². The maximum Gasteiger partial charge on any atom is 0.225 e. The normalized spacial score (nSPS) is 18.0. The third-order valence-electron chi connectivity index (χ3n) is 3.68. The molecule has 1 aromatic heterocycles. The molecule has 1 aliphatic rings. The Morgan fingerprint density at radius 3 is 2.95 bits per heavy atom. The number of nitrogens with zero attached hydrogens (tertiary/aromatic N) is 2. The Morgan fingerprint density at radius 1 is 1.50 bits per heavy atom. The van der Waals surface area contributed by atoms with Crippen molar-refractivity contribution < 1.29 is 9.53 Å². The van der Waals surface area contributed by atoms with E-state index in [1.165, 1.54) is 0 Å². The summed E-state index contributed by atoms with van der Waals surface area (Å²) in [6.45, 7) is 7.79. The van der Waals surface area contributed by atoms with Crippen LogP contribution in [-0.4, -0.2) is 37.2 Å². The first kappa shape index (κ1) is 14.8. The van der Waals surface area contributed by atoms with Crippen LogP contribution >= 0.6 is 0 Å². The van der Waals surface area contributed by atoms with Gasteiger partial charge in [0.1, 0.15) is 5.82 Å². The van der Waals surface area contributed by atoms with Crippen molar-refractivity contribution in [2.45, 2.75) is 26.8 Å². The Labute approximate surface area is 120 Å². The van der Waals surface area contributed by atoms with Crippen LogP contribution in [0.1, 0.15) is 25.8 Å². The number of rotatable bonds is 6. The highest BCUT2D eigenvalue weighted by molar-refractivity contribution is 5.79. The van der Waals surface area contributed by atoms with Gasteiger partial charge in [-0.3, -0.25) is 4.79 Å². The van der Waals surface area contributed by atoms with E-state index < -0.39 is 0 Å². The number of aromatic nitrogens is 1. The van der Waals surface area contributed by atoms with E-state index in [0.29, 0.717) is 19.8 Å². The first-order chi connectivity index (χ1) is 9.76. The molecule has 20 heavy (non-hydrogen) atoms. The molecule has 1 amide bonds. The average Bonchev–Trinajstić information content (AvgIpc) is 3.01. The summed E-state index contributed by atoms with van der Waals surface area (Å²) in [5.74, 6) is 1.04. The lowest BCUT2D eigenvalue weighted by Crippen LogP contribution is -2.32. The molecular weight excluding hydrogens is 254 g/mol. The summed E-state index contributed by atoms with van der Waals surface area (Å²) in [5, 5.41) is 3.00. The van der Waals surface area contributed by atoms with Gasteiger partial charge in [0.25, 0.3) is 0 Å². The molecule has 2 heterocycles. The molecule has 0 unspecified atom stereocenters. The van der Waals surface area contributed by atoms with Crippen molar-refractivity contribution in [1.29, 1.82) is 0 Å². The zero-order chi connectivity index (χ0) is 14.4. The SMILES string of the molecule is CCN(CC)c1ncccc1CNC(=O)[C@H]1CCOC1. The molecule has 0 aliphatic carbocycles. The third-order valence-corrected chi connectivity index (χ3v) is 3.68. The van der Waals surface area contributed by atoms with Crippen molar-refractivity contribution in [3.8, 4) is 0 Å². The Bertz CT molecular complexity index is 440. The van der Waals surface area contributed by atoms with E-state index in [-0.39, 0.29) is 11.8 Å².